The molecule has 0 aromatic carbocycles. The molecular weight excluding hydrogens is 310 g/mol. The number of carbonyl (C=O) groups excluding carboxylic acids is 1. The molecule has 2 atom stereocenters. The van der Waals surface area contributed by atoms with Crippen molar-refractivity contribution in [2.75, 3.05) is 6.54 Å². The summed E-state index contributed by atoms with van der Waals surface area (Å²) in [6.07, 6.45) is 7.97. The number of rotatable bonds is 12. The van der Waals surface area contributed by atoms with Gasteiger partial charge in [-0.2, -0.15) is 0 Å². The van der Waals surface area contributed by atoms with E-state index in [9.17, 15) is 9.59 Å². The quantitative estimate of drug-likeness (QED) is 0.326. The molecule has 0 fully saturated rings. The molecule has 0 aliphatic rings. The fourth-order valence-electron chi connectivity index (χ4n) is 2.04. The SMILES string of the molecule is CC(Br)C(=O)C(CCCCCCCCCN)C(=O)O. The molecule has 0 aromatic rings. The van der Waals surface area contributed by atoms with Crippen LogP contribution in [0.1, 0.15) is 58.3 Å². The summed E-state index contributed by atoms with van der Waals surface area (Å²) in [6, 6.07) is 0. The first-order valence-electron chi connectivity index (χ1n) is 7.11. The number of alkyl halides is 1. The van der Waals surface area contributed by atoms with Gasteiger partial charge >= 0.3 is 5.97 Å². The summed E-state index contributed by atoms with van der Waals surface area (Å²) in [5.41, 5.74) is 5.41. The summed E-state index contributed by atoms with van der Waals surface area (Å²) in [5, 5.41) is 9.04. The van der Waals surface area contributed by atoms with E-state index < -0.39 is 11.9 Å². The summed E-state index contributed by atoms with van der Waals surface area (Å²) < 4.78 is 0. The zero-order chi connectivity index (χ0) is 14.7. The monoisotopic (exact) mass is 335 g/mol. The van der Waals surface area contributed by atoms with E-state index in [1.54, 1.807) is 6.92 Å². The third-order valence-electron chi connectivity index (χ3n) is 3.23. The van der Waals surface area contributed by atoms with Gasteiger partial charge in [0.25, 0.3) is 0 Å². The lowest BCUT2D eigenvalue weighted by atomic mass is 9.95. The number of nitrogens with two attached hydrogens (primary N) is 1. The Morgan fingerprint density at radius 2 is 1.53 bits per heavy atom. The molecule has 19 heavy (non-hydrogen) atoms. The maximum Gasteiger partial charge on any atom is 0.314 e. The van der Waals surface area contributed by atoms with Crippen molar-refractivity contribution >= 4 is 27.7 Å². The largest absolute Gasteiger partial charge is 0.481 e. The maximum atomic E-state index is 11.7. The van der Waals surface area contributed by atoms with Crippen LogP contribution in [0.15, 0.2) is 0 Å². The minimum Gasteiger partial charge on any atom is -0.481 e. The van der Waals surface area contributed by atoms with E-state index in [1.807, 2.05) is 0 Å². The Labute approximate surface area is 124 Å². The summed E-state index contributed by atoms with van der Waals surface area (Å²) in [6.45, 7) is 2.43. The van der Waals surface area contributed by atoms with Crippen LogP contribution in [0.4, 0.5) is 0 Å². The maximum absolute atomic E-state index is 11.7. The molecule has 2 unspecified atom stereocenters. The van der Waals surface area contributed by atoms with E-state index >= 15 is 0 Å². The Kier molecular flexibility index (Phi) is 11.2. The van der Waals surface area contributed by atoms with Crippen LogP contribution in [0, 0.1) is 5.92 Å². The minimum atomic E-state index is -1.00. The highest BCUT2D eigenvalue weighted by Gasteiger charge is 2.28. The van der Waals surface area contributed by atoms with Crippen LogP contribution >= 0.6 is 15.9 Å². The molecule has 0 heterocycles. The van der Waals surface area contributed by atoms with Crippen LogP contribution in [-0.2, 0) is 9.59 Å². The fourth-order valence-corrected chi connectivity index (χ4v) is 2.36. The Morgan fingerprint density at radius 3 is 1.95 bits per heavy atom. The Bertz CT molecular complexity index is 269. The van der Waals surface area contributed by atoms with Gasteiger partial charge in [0.15, 0.2) is 5.78 Å². The molecule has 112 valence electrons. The molecule has 0 aliphatic heterocycles. The zero-order valence-electron chi connectivity index (χ0n) is 11.7. The van der Waals surface area contributed by atoms with Crippen molar-refractivity contribution in [2.24, 2.45) is 11.7 Å². The number of hydrogen-bond donors (Lipinski definition) is 2. The molecule has 4 nitrogen and oxygen atoms in total. The second kappa shape index (κ2) is 11.4. The highest BCUT2D eigenvalue weighted by molar-refractivity contribution is 9.10. The average Bonchev–Trinajstić information content (AvgIpc) is 2.35. The van der Waals surface area contributed by atoms with Crippen LogP contribution in [-0.4, -0.2) is 28.2 Å². The standard InChI is InChI=1S/C14H26BrNO3/c1-11(15)13(17)12(14(18)19)9-7-5-3-2-4-6-8-10-16/h11-12H,2-10,16H2,1H3,(H,18,19). The number of carbonyl (C=O) groups is 2. The number of unbranched alkanes of at least 4 members (excludes halogenated alkanes) is 6. The lowest BCUT2D eigenvalue weighted by molar-refractivity contribution is -0.146. The van der Waals surface area contributed by atoms with E-state index in [1.165, 1.54) is 19.3 Å². The molecule has 0 aliphatic carbocycles. The summed E-state index contributed by atoms with van der Waals surface area (Å²) >= 11 is 3.14. The van der Waals surface area contributed by atoms with Crippen LogP contribution in [0.5, 0.6) is 0 Å². The second-order valence-electron chi connectivity index (χ2n) is 4.96. The van der Waals surface area contributed by atoms with Crippen molar-refractivity contribution in [3.8, 4) is 0 Å². The van der Waals surface area contributed by atoms with Crippen molar-refractivity contribution in [1.29, 1.82) is 0 Å². The number of ketones is 1. The lowest BCUT2D eigenvalue weighted by Gasteiger charge is -2.12. The molecule has 0 saturated heterocycles. The molecule has 3 N–H and O–H groups in total. The topological polar surface area (TPSA) is 80.4 Å². The van der Waals surface area contributed by atoms with Crippen molar-refractivity contribution in [2.45, 2.75) is 63.1 Å². The first-order valence-corrected chi connectivity index (χ1v) is 8.03. The molecule has 0 spiro atoms. The number of carboxylic acid groups (broad SMARTS) is 1. The van der Waals surface area contributed by atoms with E-state index in [0.717, 1.165) is 32.2 Å². The number of carboxylic acids is 1. The molecule has 0 bridgehead atoms. The molecule has 5 heteroatoms. The van der Waals surface area contributed by atoms with Crippen LogP contribution in [0.3, 0.4) is 0 Å². The van der Waals surface area contributed by atoms with Gasteiger partial charge in [0.1, 0.15) is 5.92 Å². The number of hydrogen-bond acceptors (Lipinski definition) is 3. The Morgan fingerprint density at radius 1 is 1.05 bits per heavy atom. The average molecular weight is 336 g/mol. The van der Waals surface area contributed by atoms with Crippen LogP contribution in [0.25, 0.3) is 0 Å². The lowest BCUT2D eigenvalue weighted by Crippen LogP contribution is -2.28. The number of halogens is 1. The molecule has 0 aromatic heterocycles. The predicted octanol–water partition coefficient (Wildman–Crippen LogP) is 3.12. The van der Waals surface area contributed by atoms with Crippen molar-refractivity contribution in [3.63, 3.8) is 0 Å². The van der Waals surface area contributed by atoms with Gasteiger partial charge in [0.05, 0.1) is 4.83 Å². The van der Waals surface area contributed by atoms with Gasteiger partial charge in [-0.3, -0.25) is 9.59 Å². The fraction of sp³-hybridized carbons (Fsp3) is 0.857. The Hall–Kier alpha value is -0.420. The third-order valence-corrected chi connectivity index (χ3v) is 3.68. The smallest absolute Gasteiger partial charge is 0.314 e. The van der Waals surface area contributed by atoms with Gasteiger partial charge < -0.3 is 10.8 Å². The second-order valence-corrected chi connectivity index (χ2v) is 6.33. The zero-order valence-corrected chi connectivity index (χ0v) is 13.3. The predicted molar refractivity (Wildman–Crippen MR) is 80.5 cm³/mol. The highest BCUT2D eigenvalue weighted by atomic mass is 79.9. The summed E-state index contributed by atoms with van der Waals surface area (Å²) in [7, 11) is 0. The van der Waals surface area contributed by atoms with E-state index in [4.69, 9.17) is 10.8 Å². The molecular formula is C14H26BrNO3. The molecule has 0 rings (SSSR count). The summed E-state index contributed by atoms with van der Waals surface area (Å²) in [5.74, 6) is -2.08. The van der Waals surface area contributed by atoms with Crippen molar-refractivity contribution < 1.29 is 14.7 Å². The molecule has 0 radical (unpaired) electrons. The summed E-state index contributed by atoms with van der Waals surface area (Å²) in [4.78, 5) is 22.3. The van der Waals surface area contributed by atoms with Crippen molar-refractivity contribution in [3.05, 3.63) is 0 Å². The van der Waals surface area contributed by atoms with E-state index in [2.05, 4.69) is 15.9 Å². The first-order chi connectivity index (χ1) is 9.00. The molecule has 0 amide bonds. The van der Waals surface area contributed by atoms with Gasteiger partial charge in [-0.15, -0.1) is 0 Å². The third kappa shape index (κ3) is 9.16. The molecule has 0 saturated carbocycles. The van der Waals surface area contributed by atoms with Crippen molar-refractivity contribution in [1.82, 2.24) is 0 Å². The van der Waals surface area contributed by atoms with Gasteiger partial charge in [0, 0.05) is 0 Å². The number of aliphatic carboxylic acids is 1. The van der Waals surface area contributed by atoms with Gasteiger partial charge in [-0.1, -0.05) is 54.5 Å². The number of Topliss-reactive ketones (excluding diaryl/α,β-unsaturated/α-hetero) is 1. The van der Waals surface area contributed by atoms with E-state index in [0.29, 0.717) is 6.42 Å². The van der Waals surface area contributed by atoms with Crippen LogP contribution in [0.2, 0.25) is 0 Å². The van der Waals surface area contributed by atoms with Gasteiger partial charge in [0.2, 0.25) is 0 Å². The minimum absolute atomic E-state index is 0.226. The highest BCUT2D eigenvalue weighted by Crippen LogP contribution is 2.17. The first kappa shape index (κ1) is 18.6. The normalized spacial score (nSPS) is 14.1. The Balaban J connectivity index is 3.71. The van der Waals surface area contributed by atoms with Gasteiger partial charge in [-0.05, 0) is 26.3 Å². The van der Waals surface area contributed by atoms with Gasteiger partial charge in [-0.25, -0.2) is 0 Å². The van der Waals surface area contributed by atoms with Crippen LogP contribution < -0.4 is 5.73 Å². The van der Waals surface area contributed by atoms with E-state index in [-0.39, 0.29) is 10.6 Å².